The van der Waals surface area contributed by atoms with Crippen molar-refractivity contribution in [2.75, 3.05) is 7.11 Å². The molecule has 3 aromatic carbocycles. The first-order valence-electron chi connectivity index (χ1n) is 7.85. The number of methoxy groups -OCH3 is 1. The molecule has 4 nitrogen and oxygen atoms in total. The maximum atomic E-state index is 12.3. The average molecular weight is 332 g/mol. The lowest BCUT2D eigenvalue weighted by Gasteiger charge is -2.18. The number of carbonyl (C=O) groups excluding carboxylic acids is 1. The Balaban J connectivity index is 2.42. The molecule has 0 heterocycles. The lowest BCUT2D eigenvalue weighted by atomic mass is 9.72. The van der Waals surface area contributed by atoms with Gasteiger partial charge in [-0.25, -0.2) is 4.79 Å². The minimum absolute atomic E-state index is 0.331. The fourth-order valence-corrected chi connectivity index (χ4v) is 2.93. The van der Waals surface area contributed by atoms with Crippen molar-refractivity contribution in [3.8, 4) is 22.3 Å². The predicted octanol–water partition coefficient (Wildman–Crippen LogP) is 2.49. The van der Waals surface area contributed by atoms with E-state index in [1.165, 1.54) is 7.11 Å². The zero-order chi connectivity index (χ0) is 17.8. The van der Waals surface area contributed by atoms with Gasteiger partial charge in [0.1, 0.15) is 0 Å². The van der Waals surface area contributed by atoms with Crippen LogP contribution < -0.4 is 5.46 Å². The Hall–Kier alpha value is -2.89. The Morgan fingerprint density at radius 3 is 1.80 bits per heavy atom. The van der Waals surface area contributed by atoms with Crippen LogP contribution in [0.15, 0.2) is 72.8 Å². The molecule has 0 fully saturated rings. The SMILES string of the molecule is COC(=O)c1ccc(B(O)O)c(-c2ccccc2)c1-c1ccccc1. The van der Waals surface area contributed by atoms with Gasteiger partial charge in [0.15, 0.2) is 0 Å². The smallest absolute Gasteiger partial charge is 0.465 e. The van der Waals surface area contributed by atoms with Crippen molar-refractivity contribution in [3.63, 3.8) is 0 Å². The number of hydrogen-bond donors (Lipinski definition) is 2. The number of hydrogen-bond acceptors (Lipinski definition) is 4. The van der Waals surface area contributed by atoms with Crippen LogP contribution in [-0.2, 0) is 4.74 Å². The highest BCUT2D eigenvalue weighted by atomic mass is 16.5. The Bertz CT molecular complexity index is 877. The average Bonchev–Trinajstić information content (AvgIpc) is 2.67. The second kappa shape index (κ2) is 7.34. The lowest BCUT2D eigenvalue weighted by molar-refractivity contribution is 0.0601. The summed E-state index contributed by atoms with van der Waals surface area (Å²) in [6.45, 7) is 0. The summed E-state index contributed by atoms with van der Waals surface area (Å²) in [7, 11) is -0.335. The predicted molar refractivity (Wildman–Crippen MR) is 98.5 cm³/mol. The van der Waals surface area contributed by atoms with E-state index in [-0.39, 0.29) is 0 Å². The molecule has 3 aromatic rings. The van der Waals surface area contributed by atoms with E-state index in [0.29, 0.717) is 22.2 Å². The van der Waals surface area contributed by atoms with Crippen LogP contribution >= 0.6 is 0 Å². The molecule has 0 saturated heterocycles. The molecular formula is C20H17BO4. The fraction of sp³-hybridized carbons (Fsp3) is 0.0500. The van der Waals surface area contributed by atoms with E-state index >= 15 is 0 Å². The summed E-state index contributed by atoms with van der Waals surface area (Å²) < 4.78 is 4.93. The molecule has 0 atom stereocenters. The van der Waals surface area contributed by atoms with Crippen LogP contribution in [0, 0.1) is 0 Å². The van der Waals surface area contributed by atoms with Gasteiger partial charge in [-0.05, 0) is 28.2 Å². The summed E-state index contributed by atoms with van der Waals surface area (Å²) >= 11 is 0. The van der Waals surface area contributed by atoms with E-state index in [9.17, 15) is 14.8 Å². The summed E-state index contributed by atoms with van der Waals surface area (Å²) in [4.78, 5) is 12.3. The highest BCUT2D eigenvalue weighted by Crippen LogP contribution is 2.34. The minimum atomic E-state index is -1.66. The Labute approximate surface area is 146 Å². The summed E-state index contributed by atoms with van der Waals surface area (Å²) in [5.74, 6) is -0.477. The number of carbonyl (C=O) groups is 1. The Morgan fingerprint density at radius 2 is 1.32 bits per heavy atom. The quantitative estimate of drug-likeness (QED) is 0.569. The minimum Gasteiger partial charge on any atom is -0.465 e. The summed E-state index contributed by atoms with van der Waals surface area (Å²) in [5, 5.41) is 19.7. The van der Waals surface area contributed by atoms with Crippen LogP contribution in [0.1, 0.15) is 10.4 Å². The Kier molecular flexibility index (Phi) is 4.98. The van der Waals surface area contributed by atoms with E-state index in [1.807, 2.05) is 60.7 Å². The van der Waals surface area contributed by atoms with Crippen LogP contribution in [0.4, 0.5) is 0 Å². The van der Waals surface area contributed by atoms with Gasteiger partial charge in [0.25, 0.3) is 0 Å². The molecule has 0 aliphatic heterocycles. The molecule has 0 unspecified atom stereocenters. The maximum Gasteiger partial charge on any atom is 0.489 e. The van der Waals surface area contributed by atoms with E-state index in [2.05, 4.69) is 0 Å². The molecule has 0 aliphatic carbocycles. The molecule has 0 aromatic heterocycles. The van der Waals surface area contributed by atoms with Gasteiger partial charge in [-0.3, -0.25) is 0 Å². The molecule has 0 aliphatic rings. The van der Waals surface area contributed by atoms with Crippen LogP contribution in [0.5, 0.6) is 0 Å². The molecule has 0 spiro atoms. The maximum absolute atomic E-state index is 12.3. The van der Waals surface area contributed by atoms with Crippen LogP contribution in [0.3, 0.4) is 0 Å². The molecule has 2 N–H and O–H groups in total. The third-order valence-electron chi connectivity index (χ3n) is 4.05. The number of esters is 1. The summed E-state index contributed by atoms with van der Waals surface area (Å²) in [6, 6.07) is 21.8. The van der Waals surface area contributed by atoms with Gasteiger partial charge in [0, 0.05) is 5.56 Å². The van der Waals surface area contributed by atoms with Gasteiger partial charge in [-0.2, -0.15) is 0 Å². The molecule has 5 heteroatoms. The van der Waals surface area contributed by atoms with E-state index in [0.717, 1.165) is 11.1 Å². The molecule has 0 radical (unpaired) electrons. The molecule has 3 rings (SSSR count). The first-order valence-corrected chi connectivity index (χ1v) is 7.85. The standard InChI is InChI=1S/C20H17BO4/c1-25-20(22)16-12-13-17(21(23)24)19(15-10-6-3-7-11-15)18(16)14-8-4-2-5-9-14/h2-13,23-24H,1H3. The second-order valence-corrected chi connectivity index (χ2v) is 5.55. The van der Waals surface area contributed by atoms with E-state index < -0.39 is 13.1 Å². The van der Waals surface area contributed by atoms with E-state index in [1.54, 1.807) is 12.1 Å². The zero-order valence-electron chi connectivity index (χ0n) is 13.7. The number of ether oxygens (including phenoxy) is 1. The van der Waals surface area contributed by atoms with Crippen LogP contribution in [-0.4, -0.2) is 30.2 Å². The van der Waals surface area contributed by atoms with Gasteiger partial charge >= 0.3 is 13.1 Å². The van der Waals surface area contributed by atoms with Crippen molar-refractivity contribution in [1.29, 1.82) is 0 Å². The molecule has 25 heavy (non-hydrogen) atoms. The first-order chi connectivity index (χ1) is 12.1. The van der Waals surface area contributed by atoms with Crippen molar-refractivity contribution in [1.82, 2.24) is 0 Å². The van der Waals surface area contributed by atoms with Gasteiger partial charge < -0.3 is 14.8 Å². The van der Waals surface area contributed by atoms with Crippen molar-refractivity contribution in [3.05, 3.63) is 78.4 Å². The third kappa shape index (κ3) is 3.33. The van der Waals surface area contributed by atoms with Crippen LogP contribution in [0.25, 0.3) is 22.3 Å². The zero-order valence-corrected chi connectivity index (χ0v) is 13.7. The van der Waals surface area contributed by atoms with Crippen molar-refractivity contribution in [2.45, 2.75) is 0 Å². The highest BCUT2D eigenvalue weighted by molar-refractivity contribution is 6.61. The monoisotopic (exact) mass is 332 g/mol. The summed E-state index contributed by atoms with van der Waals surface area (Å²) in [6.07, 6.45) is 0. The van der Waals surface area contributed by atoms with Gasteiger partial charge in [-0.15, -0.1) is 0 Å². The third-order valence-corrected chi connectivity index (χ3v) is 4.05. The van der Waals surface area contributed by atoms with Crippen molar-refractivity contribution in [2.24, 2.45) is 0 Å². The van der Waals surface area contributed by atoms with Crippen molar-refractivity contribution < 1.29 is 19.6 Å². The van der Waals surface area contributed by atoms with Gasteiger partial charge in [-0.1, -0.05) is 66.7 Å². The van der Waals surface area contributed by atoms with E-state index in [4.69, 9.17) is 4.74 Å². The highest BCUT2D eigenvalue weighted by Gasteiger charge is 2.25. The van der Waals surface area contributed by atoms with Crippen LogP contribution in [0.2, 0.25) is 0 Å². The van der Waals surface area contributed by atoms with Gasteiger partial charge in [0.05, 0.1) is 12.7 Å². The molecule has 124 valence electrons. The largest absolute Gasteiger partial charge is 0.489 e. The summed E-state index contributed by atoms with van der Waals surface area (Å²) in [5.41, 5.74) is 3.50. The lowest BCUT2D eigenvalue weighted by Crippen LogP contribution is -2.32. The Morgan fingerprint density at radius 1 is 0.800 bits per heavy atom. The molecule has 0 saturated carbocycles. The number of benzene rings is 3. The number of rotatable bonds is 4. The molecule has 0 amide bonds. The fourth-order valence-electron chi connectivity index (χ4n) is 2.93. The molecular weight excluding hydrogens is 315 g/mol. The van der Waals surface area contributed by atoms with Crippen molar-refractivity contribution >= 4 is 18.6 Å². The topological polar surface area (TPSA) is 66.8 Å². The van der Waals surface area contributed by atoms with Gasteiger partial charge in [0.2, 0.25) is 0 Å². The first kappa shape index (κ1) is 17.0. The molecule has 0 bridgehead atoms. The normalized spacial score (nSPS) is 10.4. The second-order valence-electron chi connectivity index (χ2n) is 5.55.